The Labute approximate surface area is 139 Å². The summed E-state index contributed by atoms with van der Waals surface area (Å²) in [7, 11) is -1.29. The molecule has 0 saturated heterocycles. The highest BCUT2D eigenvalue weighted by Crippen LogP contribution is 2.22. The maximum atomic E-state index is 14.1. The molecule has 0 spiro atoms. The van der Waals surface area contributed by atoms with Crippen LogP contribution in [0.5, 0.6) is 0 Å². The standard InChI is InChI=1S/C13H15ClFN3O6/c1-9(24-14(19,20)21)16-7-10(8-17(2)3)12-5-4-11(18(22)23)6-13(12)15/h4-6,9H,8H2,1-3H3. The maximum absolute atomic E-state index is 14.1. The predicted molar refractivity (Wildman–Crippen MR) is 73.0 cm³/mol. The van der Waals surface area contributed by atoms with Crippen LogP contribution in [0.1, 0.15) is 12.5 Å². The van der Waals surface area contributed by atoms with Crippen LogP contribution in [0, 0.1) is 26.2 Å². The Morgan fingerprint density at radius 1 is 1.46 bits per heavy atom. The van der Waals surface area contributed by atoms with Crippen molar-refractivity contribution in [1.82, 2.24) is 4.90 Å². The summed E-state index contributed by atoms with van der Waals surface area (Å²) in [5.74, 6) is 1.58. The second-order valence-corrected chi connectivity index (χ2v) is 5.88. The third-order valence-electron chi connectivity index (χ3n) is 2.58. The minimum Gasteiger partial charge on any atom is -0.304 e. The molecule has 0 fully saturated rings. The van der Waals surface area contributed by atoms with Gasteiger partial charge in [0.2, 0.25) is 0 Å². The molecule has 0 bridgehead atoms. The van der Waals surface area contributed by atoms with E-state index in [2.05, 4.69) is 15.2 Å². The molecular weight excluding hydrogens is 349 g/mol. The van der Waals surface area contributed by atoms with Gasteiger partial charge in [-0.05, 0) is 33.0 Å². The molecule has 1 atom stereocenters. The number of non-ortho nitro benzene ring substituents is 1. The molecule has 0 amide bonds. The monoisotopic (exact) mass is 363 g/mol. The highest BCUT2D eigenvalue weighted by molar-refractivity contribution is 5.91. The molecule has 9 nitrogen and oxygen atoms in total. The van der Waals surface area contributed by atoms with Gasteiger partial charge in [0.15, 0.2) is 0 Å². The van der Waals surface area contributed by atoms with Gasteiger partial charge in [0.05, 0.1) is 25.5 Å². The molecule has 1 unspecified atom stereocenters. The second-order valence-electron chi connectivity index (χ2n) is 4.94. The first-order valence-electron chi connectivity index (χ1n) is 6.49. The Bertz CT molecular complexity index is 670. The summed E-state index contributed by atoms with van der Waals surface area (Å²) in [6.07, 6.45) is -1.35. The van der Waals surface area contributed by atoms with Crippen LogP contribution >= 0.6 is 0 Å². The van der Waals surface area contributed by atoms with Crippen molar-refractivity contribution in [2.75, 3.05) is 20.6 Å². The van der Waals surface area contributed by atoms with Gasteiger partial charge >= 0.3 is 6.23 Å². The fraction of sp³-hybridized carbons (Fsp3) is 0.385. The third kappa shape index (κ3) is 6.69. The lowest BCUT2D eigenvalue weighted by Gasteiger charge is -2.14. The van der Waals surface area contributed by atoms with Gasteiger partial charge in [-0.25, -0.2) is 4.39 Å². The highest BCUT2D eigenvalue weighted by Gasteiger charge is 2.23. The van der Waals surface area contributed by atoms with Gasteiger partial charge in [0.1, 0.15) is 5.82 Å². The Kier molecular flexibility index (Phi) is 6.93. The molecule has 0 aromatic heterocycles. The zero-order valence-corrected chi connectivity index (χ0v) is 13.8. The Hall–Kier alpha value is -1.91. The smallest absolute Gasteiger partial charge is 0.304 e. The van der Waals surface area contributed by atoms with E-state index in [-0.39, 0.29) is 17.7 Å². The summed E-state index contributed by atoms with van der Waals surface area (Å²) in [5, 5.41) is 10.6. The van der Waals surface area contributed by atoms with E-state index >= 15 is 0 Å². The number of halogens is 2. The highest BCUT2D eigenvalue weighted by atomic mass is 35.7. The van der Waals surface area contributed by atoms with E-state index in [4.69, 9.17) is 0 Å². The van der Waals surface area contributed by atoms with Gasteiger partial charge in [-0.2, -0.15) is 19.0 Å². The van der Waals surface area contributed by atoms with Crippen molar-refractivity contribution in [3.05, 3.63) is 39.7 Å². The first-order valence-corrected chi connectivity index (χ1v) is 7.73. The van der Waals surface area contributed by atoms with E-state index in [1.165, 1.54) is 13.0 Å². The van der Waals surface area contributed by atoms with Gasteiger partial charge in [-0.1, -0.05) is 0 Å². The molecule has 1 aromatic rings. The minimum absolute atomic E-state index is 0.00721. The summed E-state index contributed by atoms with van der Waals surface area (Å²) in [4.78, 5) is 15.2. The lowest BCUT2D eigenvalue weighted by atomic mass is 10.1. The molecular formula is C13H15ClFN3O6. The Morgan fingerprint density at radius 2 is 2.08 bits per heavy atom. The predicted octanol–water partition coefficient (Wildman–Crippen LogP) is -1.39. The van der Waals surface area contributed by atoms with Crippen molar-refractivity contribution in [1.29, 1.82) is 0 Å². The van der Waals surface area contributed by atoms with Crippen molar-refractivity contribution in [2.45, 2.75) is 13.2 Å². The fourth-order valence-electron chi connectivity index (χ4n) is 1.71. The lowest BCUT2D eigenvalue weighted by Crippen LogP contribution is -2.61. The second kappa shape index (κ2) is 8.27. The Morgan fingerprint density at radius 3 is 2.54 bits per heavy atom. The van der Waals surface area contributed by atoms with Gasteiger partial charge < -0.3 is 4.90 Å². The van der Waals surface area contributed by atoms with E-state index in [0.717, 1.165) is 12.1 Å². The van der Waals surface area contributed by atoms with Crippen molar-refractivity contribution >= 4 is 17.1 Å². The molecule has 0 aliphatic heterocycles. The van der Waals surface area contributed by atoms with Crippen LogP contribution in [0.3, 0.4) is 0 Å². The minimum atomic E-state index is -4.66. The average Bonchev–Trinajstić information content (AvgIpc) is 2.41. The number of likely N-dealkylation sites (N-methyl/N-ethyl adjacent to an activating group) is 1. The van der Waals surface area contributed by atoms with Crippen molar-refractivity contribution in [2.24, 2.45) is 4.99 Å². The van der Waals surface area contributed by atoms with Gasteiger partial charge in [0.25, 0.3) is 5.69 Å². The lowest BCUT2D eigenvalue weighted by molar-refractivity contribution is -1.92. The zero-order valence-electron chi connectivity index (χ0n) is 13.1. The molecule has 0 radical (unpaired) electrons. The number of benzene rings is 1. The van der Waals surface area contributed by atoms with Crippen molar-refractivity contribution in [3.63, 3.8) is 0 Å². The van der Waals surface area contributed by atoms with Crippen LogP contribution in [0.4, 0.5) is 10.1 Å². The van der Waals surface area contributed by atoms with Crippen molar-refractivity contribution in [3.8, 4) is 0 Å². The number of hydrogen-bond acceptors (Lipinski definition) is 8. The van der Waals surface area contributed by atoms with E-state index < -0.39 is 32.9 Å². The molecule has 0 aliphatic carbocycles. The normalized spacial score (nSPS) is 12.7. The summed E-state index contributed by atoms with van der Waals surface area (Å²) in [6.45, 7) is 1.35. The molecule has 132 valence electrons. The van der Waals surface area contributed by atoms with Crippen LogP contribution in [-0.2, 0) is 4.29 Å². The summed E-state index contributed by atoms with van der Waals surface area (Å²) >= 11 is 0. The molecule has 0 heterocycles. The maximum Gasteiger partial charge on any atom is 0.308 e. The van der Waals surface area contributed by atoms with E-state index in [1.807, 2.05) is 0 Å². The third-order valence-corrected chi connectivity index (χ3v) is 3.06. The van der Waals surface area contributed by atoms with Crippen LogP contribution in [0.2, 0.25) is 0 Å². The topological polar surface area (TPSA) is 137 Å². The molecule has 11 heteroatoms. The van der Waals surface area contributed by atoms with E-state index in [0.29, 0.717) is 0 Å². The quantitative estimate of drug-likeness (QED) is 0.330. The average molecular weight is 364 g/mol. The van der Waals surface area contributed by atoms with Crippen LogP contribution in [-0.4, -0.2) is 42.6 Å². The number of aliphatic imine (C=N–C) groups is 1. The fourth-order valence-corrected chi connectivity index (χ4v) is 2.06. The number of nitrogens with zero attached hydrogens (tertiary/aromatic N) is 3. The summed E-state index contributed by atoms with van der Waals surface area (Å²) < 4.78 is 49.5. The molecule has 0 N–H and O–H groups in total. The zero-order chi connectivity index (χ0) is 18.5. The van der Waals surface area contributed by atoms with E-state index in [9.17, 15) is 28.5 Å². The van der Waals surface area contributed by atoms with Crippen LogP contribution in [0.15, 0.2) is 23.2 Å². The van der Waals surface area contributed by atoms with Crippen LogP contribution in [0.25, 0.3) is 5.57 Å². The largest absolute Gasteiger partial charge is 0.308 e. The SMILES string of the molecule is CC(N=C=C(CN(C)C)c1ccc([N+](=O)[O-])cc1F)O[Cl+3]([O-])([O-])[O-]. The number of nitro benzene ring substituents is 1. The Balaban J connectivity index is 3.22. The van der Waals surface area contributed by atoms with Gasteiger partial charge in [-0.3, -0.25) is 10.1 Å². The molecule has 0 aliphatic rings. The molecule has 1 rings (SSSR count). The first kappa shape index (κ1) is 20.1. The summed E-state index contributed by atoms with van der Waals surface area (Å²) in [6, 6.07) is 3.08. The molecule has 0 saturated carbocycles. The van der Waals surface area contributed by atoms with Gasteiger partial charge in [0, 0.05) is 23.7 Å². The number of nitro groups is 1. The van der Waals surface area contributed by atoms with E-state index in [1.54, 1.807) is 19.0 Å². The van der Waals surface area contributed by atoms with Crippen molar-refractivity contribution < 1.29 is 37.8 Å². The molecule has 24 heavy (non-hydrogen) atoms. The number of hydrogen-bond donors (Lipinski definition) is 0. The van der Waals surface area contributed by atoms with Gasteiger partial charge in [-0.15, -0.1) is 0 Å². The van der Waals surface area contributed by atoms with Crippen LogP contribution < -0.4 is 14.0 Å². The molecule has 1 aromatic carbocycles. The number of rotatable bonds is 7. The first-order chi connectivity index (χ1) is 11.0. The summed E-state index contributed by atoms with van der Waals surface area (Å²) in [5.41, 5.74) is -0.207.